The lowest BCUT2D eigenvalue weighted by Crippen LogP contribution is -2.50. The van der Waals surface area contributed by atoms with Gasteiger partial charge in [-0.1, -0.05) is 27.7 Å². The summed E-state index contributed by atoms with van der Waals surface area (Å²) >= 11 is 0. The maximum atomic E-state index is 13.2. The first kappa shape index (κ1) is 29.8. The highest BCUT2D eigenvalue weighted by molar-refractivity contribution is 5.81. The summed E-state index contributed by atoms with van der Waals surface area (Å²) < 4.78 is 11.5. The van der Waals surface area contributed by atoms with E-state index < -0.39 is 10.8 Å². The summed E-state index contributed by atoms with van der Waals surface area (Å²) in [6.07, 6.45) is 0.974. The summed E-state index contributed by atoms with van der Waals surface area (Å²) in [5.41, 5.74) is -1.92. The van der Waals surface area contributed by atoms with E-state index in [4.69, 9.17) is 9.47 Å². The van der Waals surface area contributed by atoms with Crippen LogP contribution in [0.5, 0.6) is 0 Å². The van der Waals surface area contributed by atoms with Crippen LogP contribution in [0.15, 0.2) is 0 Å². The molecule has 0 heterocycles. The minimum absolute atomic E-state index is 0.249. The van der Waals surface area contributed by atoms with Gasteiger partial charge in [-0.3, -0.25) is 19.0 Å². The summed E-state index contributed by atoms with van der Waals surface area (Å²) in [6, 6.07) is 0. The largest absolute Gasteiger partial charge is 0.469 e. The van der Waals surface area contributed by atoms with Gasteiger partial charge in [0.05, 0.1) is 38.6 Å². The Kier molecular flexibility index (Phi) is 11.2. The van der Waals surface area contributed by atoms with Crippen molar-refractivity contribution >= 4 is 11.9 Å². The van der Waals surface area contributed by atoms with Gasteiger partial charge < -0.3 is 14.4 Å². The van der Waals surface area contributed by atoms with Gasteiger partial charge in [-0.25, -0.2) is 0 Å². The number of esters is 2. The van der Waals surface area contributed by atoms with E-state index in [0.29, 0.717) is 24.1 Å². The molecule has 0 rings (SSSR count). The summed E-state index contributed by atoms with van der Waals surface area (Å²) in [5, 5.41) is 0. The number of quaternary nitrogens is 1. The highest BCUT2D eigenvalue weighted by Crippen LogP contribution is 2.49. The van der Waals surface area contributed by atoms with E-state index in [1.54, 1.807) is 0 Å². The monoisotopic (exact) mass is 444 g/mol. The van der Waals surface area contributed by atoms with Crippen molar-refractivity contribution in [3.05, 3.63) is 0 Å². The third-order valence-corrected chi connectivity index (χ3v) is 6.87. The van der Waals surface area contributed by atoms with E-state index in [0.717, 1.165) is 26.2 Å². The van der Waals surface area contributed by atoms with Crippen molar-refractivity contribution in [3.8, 4) is 0 Å². The van der Waals surface area contributed by atoms with Crippen LogP contribution in [0, 0.1) is 16.2 Å². The fourth-order valence-electron chi connectivity index (χ4n) is 3.39. The highest BCUT2D eigenvalue weighted by atomic mass is 16.5. The molecule has 0 aliphatic carbocycles. The minimum Gasteiger partial charge on any atom is -0.469 e. The molecule has 7 heteroatoms. The molecule has 0 aromatic rings. The van der Waals surface area contributed by atoms with E-state index in [9.17, 15) is 9.59 Å². The number of carbonyl (C=O) groups is 2. The Morgan fingerprint density at radius 1 is 0.903 bits per heavy atom. The first-order valence-corrected chi connectivity index (χ1v) is 11.3. The van der Waals surface area contributed by atoms with Crippen LogP contribution in [0.25, 0.3) is 0 Å². The van der Waals surface area contributed by atoms with Crippen LogP contribution < -0.4 is 0 Å². The fourth-order valence-corrected chi connectivity index (χ4v) is 3.39. The Morgan fingerprint density at radius 3 is 1.87 bits per heavy atom. The average molecular weight is 445 g/mol. The molecule has 0 spiro atoms. The third-order valence-electron chi connectivity index (χ3n) is 6.87. The molecule has 0 radical (unpaired) electrons. The molecule has 7 nitrogen and oxygen atoms in total. The van der Waals surface area contributed by atoms with Crippen molar-refractivity contribution in [1.29, 1.82) is 0 Å². The maximum Gasteiger partial charge on any atom is 0.316 e. The average Bonchev–Trinajstić information content (AvgIpc) is 2.67. The molecule has 0 aliphatic rings. The van der Waals surface area contributed by atoms with Gasteiger partial charge in [0.1, 0.15) is 0 Å². The molecule has 0 saturated carbocycles. The van der Waals surface area contributed by atoms with Gasteiger partial charge in [-0.2, -0.15) is 0 Å². The molecule has 0 aromatic carbocycles. The van der Waals surface area contributed by atoms with Crippen LogP contribution in [0.3, 0.4) is 0 Å². The van der Waals surface area contributed by atoms with Gasteiger partial charge in [0.2, 0.25) is 6.73 Å². The molecule has 0 saturated heterocycles. The quantitative estimate of drug-likeness (QED) is 0.247. The molecule has 0 N–H and O–H groups in total. The molecule has 0 aliphatic heterocycles. The molecule has 0 amide bonds. The lowest BCUT2D eigenvalue weighted by Gasteiger charge is -2.44. The SMILES string of the molecule is CCC(C)(CC(C)(C(=O)OC)C(C)(C)C)C(=O)OC[N+](C)(C)CCN(C)CCN(C)C. The lowest BCUT2D eigenvalue weighted by molar-refractivity contribution is -0.906. The van der Waals surface area contributed by atoms with E-state index in [-0.39, 0.29) is 17.4 Å². The van der Waals surface area contributed by atoms with E-state index in [1.165, 1.54) is 7.11 Å². The zero-order chi connectivity index (χ0) is 24.7. The normalized spacial score (nSPS) is 16.7. The number of hydrogen-bond donors (Lipinski definition) is 0. The number of likely N-dealkylation sites (N-methyl/N-ethyl adjacent to an activating group) is 3. The molecule has 0 bridgehead atoms. The molecule has 2 unspecified atom stereocenters. The van der Waals surface area contributed by atoms with Crippen molar-refractivity contribution < 1.29 is 23.5 Å². The Morgan fingerprint density at radius 2 is 1.45 bits per heavy atom. The predicted octanol–water partition coefficient (Wildman–Crippen LogP) is 3.09. The van der Waals surface area contributed by atoms with E-state index in [2.05, 4.69) is 45.0 Å². The van der Waals surface area contributed by atoms with Gasteiger partial charge in [0, 0.05) is 19.6 Å². The number of hydrogen-bond acceptors (Lipinski definition) is 6. The van der Waals surface area contributed by atoms with Gasteiger partial charge in [0.25, 0.3) is 0 Å². The Balaban J connectivity index is 5.13. The number of nitrogens with zero attached hydrogens (tertiary/aromatic N) is 3. The van der Waals surface area contributed by atoms with Gasteiger partial charge in [-0.15, -0.1) is 0 Å². The van der Waals surface area contributed by atoms with Crippen molar-refractivity contribution in [2.24, 2.45) is 16.2 Å². The summed E-state index contributed by atoms with van der Waals surface area (Å²) in [4.78, 5) is 30.3. The minimum atomic E-state index is -0.801. The molecule has 184 valence electrons. The molecular formula is C24H50N3O4+. The first-order valence-electron chi connectivity index (χ1n) is 11.3. The van der Waals surface area contributed by atoms with Crippen LogP contribution >= 0.6 is 0 Å². The van der Waals surface area contributed by atoms with Gasteiger partial charge >= 0.3 is 11.9 Å². The lowest BCUT2D eigenvalue weighted by atomic mass is 9.60. The molecule has 31 heavy (non-hydrogen) atoms. The summed E-state index contributed by atoms with van der Waals surface area (Å²) in [5.74, 6) is -0.536. The zero-order valence-corrected chi connectivity index (χ0v) is 22.4. The number of methoxy groups -OCH3 is 1. The van der Waals surface area contributed by atoms with Crippen LogP contribution in [-0.2, 0) is 19.1 Å². The zero-order valence-electron chi connectivity index (χ0n) is 22.4. The Hall–Kier alpha value is -1.18. The van der Waals surface area contributed by atoms with Crippen molar-refractivity contribution in [2.45, 2.75) is 54.4 Å². The number of ether oxygens (including phenoxy) is 2. The Bertz CT molecular complexity index is 586. The highest BCUT2D eigenvalue weighted by Gasteiger charge is 2.51. The fraction of sp³-hybridized carbons (Fsp3) is 0.917. The summed E-state index contributed by atoms with van der Waals surface area (Å²) in [6.45, 7) is 15.9. The second-order valence-electron chi connectivity index (χ2n) is 11.5. The molecule has 2 atom stereocenters. The second-order valence-corrected chi connectivity index (χ2v) is 11.5. The number of carbonyl (C=O) groups excluding carboxylic acids is 2. The second kappa shape index (κ2) is 11.6. The van der Waals surface area contributed by atoms with E-state index in [1.807, 2.05) is 41.5 Å². The van der Waals surface area contributed by atoms with Crippen molar-refractivity contribution in [2.75, 3.05) is 75.3 Å². The third kappa shape index (κ3) is 9.07. The summed E-state index contributed by atoms with van der Waals surface area (Å²) in [7, 11) is 11.8. The maximum absolute atomic E-state index is 13.2. The molecule has 0 aromatic heterocycles. The van der Waals surface area contributed by atoms with Crippen LogP contribution in [0.2, 0.25) is 0 Å². The smallest absolute Gasteiger partial charge is 0.316 e. The van der Waals surface area contributed by atoms with Crippen LogP contribution in [0.4, 0.5) is 0 Å². The van der Waals surface area contributed by atoms with Gasteiger partial charge in [-0.05, 0) is 53.2 Å². The van der Waals surface area contributed by atoms with Crippen molar-refractivity contribution in [3.63, 3.8) is 0 Å². The van der Waals surface area contributed by atoms with Crippen LogP contribution in [-0.4, -0.2) is 101 Å². The van der Waals surface area contributed by atoms with Crippen molar-refractivity contribution in [1.82, 2.24) is 9.80 Å². The molecular weight excluding hydrogens is 394 g/mol. The van der Waals surface area contributed by atoms with Crippen LogP contribution in [0.1, 0.15) is 54.4 Å². The van der Waals surface area contributed by atoms with Gasteiger partial charge in [0.15, 0.2) is 0 Å². The predicted molar refractivity (Wildman–Crippen MR) is 127 cm³/mol. The topological polar surface area (TPSA) is 59.1 Å². The molecule has 0 fully saturated rings. The number of rotatable bonds is 13. The Labute approximate surface area is 191 Å². The van der Waals surface area contributed by atoms with E-state index >= 15 is 0 Å². The first-order chi connectivity index (χ1) is 13.9. The standard InChI is InChI=1S/C24H50N3O4/c1-13-23(5,18-24(6,21(29)30-12)22(2,3)4)20(28)31-19-27(10,11)17-16-26(9)15-14-25(7)8/h13-19H2,1-12H3/q+1.